The molecule has 116 valence electrons. The zero-order valence-electron chi connectivity index (χ0n) is 13.4. The topological polar surface area (TPSA) is 37.4 Å². The molecule has 2 atom stereocenters. The maximum Gasteiger partial charge on any atom is 0.238 e. The van der Waals surface area contributed by atoms with Crippen molar-refractivity contribution in [2.75, 3.05) is 4.90 Å². The number of carbonyl (C=O) groups excluding carboxylic acids is 2. The van der Waals surface area contributed by atoms with Crippen molar-refractivity contribution in [2.24, 2.45) is 11.8 Å². The first-order valence-corrected chi connectivity index (χ1v) is 8.08. The highest BCUT2D eigenvalue weighted by molar-refractivity contribution is 6.25. The maximum absolute atomic E-state index is 12.9. The molecule has 1 aliphatic heterocycles. The highest BCUT2D eigenvalue weighted by atomic mass is 16.2. The number of hydrogen-bond donors (Lipinski definition) is 0. The van der Waals surface area contributed by atoms with Crippen molar-refractivity contribution in [1.82, 2.24) is 0 Å². The number of nitrogens with zero attached hydrogens (tertiary/aromatic N) is 1. The molecule has 0 aromatic heterocycles. The molecule has 2 aromatic carbocycles. The molecule has 1 aliphatic carbocycles. The minimum absolute atomic E-state index is 0.0387. The van der Waals surface area contributed by atoms with Crippen molar-refractivity contribution < 1.29 is 9.59 Å². The number of allylic oxidation sites excluding steroid dienone is 2. The molecule has 0 saturated carbocycles. The standard InChI is InChI=1S/C20H19NO2/c1-12-10-16-17(11-13(12)2)20(23)21(19(16)22)18-9-5-7-14-6-3-4-8-15(14)18/h3-9,16-17H,10-11H2,1-2H3/t16-,17-/m1/s1. The van der Waals surface area contributed by atoms with E-state index in [1.807, 2.05) is 42.5 Å². The molecule has 0 bridgehead atoms. The summed E-state index contributed by atoms with van der Waals surface area (Å²) in [6.07, 6.45) is 1.42. The quantitative estimate of drug-likeness (QED) is 0.588. The van der Waals surface area contributed by atoms with Gasteiger partial charge in [-0.2, -0.15) is 0 Å². The minimum Gasteiger partial charge on any atom is -0.274 e. The van der Waals surface area contributed by atoms with Crippen LogP contribution in [0.5, 0.6) is 0 Å². The Morgan fingerprint density at radius 1 is 0.826 bits per heavy atom. The van der Waals surface area contributed by atoms with E-state index in [1.54, 1.807) is 0 Å². The third-order valence-corrected chi connectivity index (χ3v) is 5.35. The highest BCUT2D eigenvalue weighted by Gasteiger charge is 2.49. The second-order valence-corrected chi connectivity index (χ2v) is 6.69. The lowest BCUT2D eigenvalue weighted by molar-refractivity contribution is -0.122. The fourth-order valence-corrected chi connectivity index (χ4v) is 3.89. The third-order valence-electron chi connectivity index (χ3n) is 5.35. The van der Waals surface area contributed by atoms with Gasteiger partial charge in [-0.05, 0) is 38.1 Å². The van der Waals surface area contributed by atoms with Crippen LogP contribution in [0, 0.1) is 11.8 Å². The van der Waals surface area contributed by atoms with Crippen LogP contribution in [0.4, 0.5) is 5.69 Å². The predicted molar refractivity (Wildman–Crippen MR) is 91.0 cm³/mol. The fraction of sp³-hybridized carbons (Fsp3) is 0.300. The lowest BCUT2D eigenvalue weighted by Crippen LogP contribution is -2.31. The molecule has 3 nitrogen and oxygen atoms in total. The Morgan fingerprint density at radius 3 is 2.04 bits per heavy atom. The number of imide groups is 1. The van der Waals surface area contributed by atoms with Crippen LogP contribution in [-0.4, -0.2) is 11.8 Å². The zero-order valence-corrected chi connectivity index (χ0v) is 13.4. The van der Waals surface area contributed by atoms with Crippen LogP contribution < -0.4 is 4.90 Å². The van der Waals surface area contributed by atoms with Gasteiger partial charge in [-0.25, -0.2) is 4.90 Å². The van der Waals surface area contributed by atoms with Gasteiger partial charge in [0.15, 0.2) is 0 Å². The first kappa shape index (κ1) is 14.2. The first-order valence-electron chi connectivity index (χ1n) is 8.08. The van der Waals surface area contributed by atoms with Crippen molar-refractivity contribution in [3.63, 3.8) is 0 Å². The Labute approximate surface area is 135 Å². The van der Waals surface area contributed by atoms with E-state index in [2.05, 4.69) is 13.8 Å². The van der Waals surface area contributed by atoms with E-state index in [0.29, 0.717) is 12.8 Å². The van der Waals surface area contributed by atoms with Gasteiger partial charge in [0.05, 0.1) is 17.5 Å². The fourth-order valence-electron chi connectivity index (χ4n) is 3.89. The van der Waals surface area contributed by atoms with Gasteiger partial charge in [-0.15, -0.1) is 0 Å². The summed E-state index contributed by atoms with van der Waals surface area (Å²) in [5.74, 6) is -0.457. The second-order valence-electron chi connectivity index (χ2n) is 6.69. The van der Waals surface area contributed by atoms with Gasteiger partial charge >= 0.3 is 0 Å². The van der Waals surface area contributed by atoms with Gasteiger partial charge < -0.3 is 0 Å². The molecule has 1 saturated heterocycles. The Balaban J connectivity index is 1.82. The van der Waals surface area contributed by atoms with Crippen molar-refractivity contribution in [2.45, 2.75) is 26.7 Å². The monoisotopic (exact) mass is 305 g/mol. The number of fused-ring (bicyclic) bond motifs is 2. The summed E-state index contributed by atoms with van der Waals surface area (Å²) in [4.78, 5) is 27.3. The zero-order chi connectivity index (χ0) is 16.1. The number of benzene rings is 2. The van der Waals surface area contributed by atoms with Crippen LogP contribution in [0.2, 0.25) is 0 Å². The van der Waals surface area contributed by atoms with Crippen LogP contribution in [0.1, 0.15) is 26.7 Å². The van der Waals surface area contributed by atoms with Gasteiger partial charge in [0.25, 0.3) is 0 Å². The smallest absolute Gasteiger partial charge is 0.238 e. The minimum atomic E-state index is -0.190. The number of rotatable bonds is 1. The Morgan fingerprint density at radius 2 is 1.39 bits per heavy atom. The van der Waals surface area contributed by atoms with Crippen LogP contribution in [0.25, 0.3) is 10.8 Å². The molecule has 2 amide bonds. The largest absolute Gasteiger partial charge is 0.274 e. The molecule has 3 heteroatoms. The summed E-state index contributed by atoms with van der Waals surface area (Å²) in [5, 5.41) is 2.00. The van der Waals surface area contributed by atoms with Crippen molar-refractivity contribution >= 4 is 28.3 Å². The van der Waals surface area contributed by atoms with Gasteiger partial charge in [-0.3, -0.25) is 9.59 Å². The molecule has 0 spiro atoms. The SMILES string of the molecule is CC1=C(C)C[C@H]2C(=O)N(c3cccc4ccccc34)C(=O)[C@@H]2C1. The van der Waals surface area contributed by atoms with Crippen LogP contribution in [0.15, 0.2) is 53.6 Å². The van der Waals surface area contributed by atoms with Crippen molar-refractivity contribution in [3.8, 4) is 0 Å². The molecular weight excluding hydrogens is 286 g/mol. The van der Waals surface area contributed by atoms with Gasteiger partial charge in [0.1, 0.15) is 0 Å². The van der Waals surface area contributed by atoms with Crippen molar-refractivity contribution in [3.05, 3.63) is 53.6 Å². The van der Waals surface area contributed by atoms with E-state index in [0.717, 1.165) is 16.5 Å². The summed E-state index contributed by atoms with van der Waals surface area (Å²) < 4.78 is 0. The second kappa shape index (κ2) is 5.05. The van der Waals surface area contributed by atoms with Gasteiger partial charge in [0, 0.05) is 5.39 Å². The molecule has 1 fully saturated rings. The molecule has 2 aliphatic rings. The number of anilines is 1. The number of carbonyl (C=O) groups is 2. The Hall–Kier alpha value is -2.42. The average Bonchev–Trinajstić information content (AvgIpc) is 2.79. The molecular formula is C20H19NO2. The van der Waals surface area contributed by atoms with Gasteiger partial charge in [0.2, 0.25) is 11.8 Å². The molecule has 23 heavy (non-hydrogen) atoms. The molecule has 0 unspecified atom stereocenters. The summed E-state index contributed by atoms with van der Waals surface area (Å²) >= 11 is 0. The van der Waals surface area contributed by atoms with E-state index in [4.69, 9.17) is 0 Å². The summed E-state index contributed by atoms with van der Waals surface area (Å²) in [7, 11) is 0. The lowest BCUT2D eigenvalue weighted by atomic mass is 9.78. The average molecular weight is 305 g/mol. The summed E-state index contributed by atoms with van der Waals surface area (Å²) in [6.45, 7) is 4.15. The lowest BCUT2D eigenvalue weighted by Gasteiger charge is -2.23. The van der Waals surface area contributed by atoms with Crippen LogP contribution in [-0.2, 0) is 9.59 Å². The van der Waals surface area contributed by atoms with E-state index < -0.39 is 0 Å². The van der Waals surface area contributed by atoms with E-state index in [9.17, 15) is 9.59 Å². The van der Waals surface area contributed by atoms with Crippen molar-refractivity contribution in [1.29, 1.82) is 0 Å². The van der Waals surface area contributed by atoms with E-state index in [1.165, 1.54) is 16.0 Å². The van der Waals surface area contributed by atoms with E-state index in [-0.39, 0.29) is 23.7 Å². The first-order chi connectivity index (χ1) is 11.1. The van der Waals surface area contributed by atoms with Gasteiger partial charge in [-0.1, -0.05) is 47.5 Å². The van der Waals surface area contributed by atoms with Crippen LogP contribution >= 0.6 is 0 Å². The Bertz CT molecular complexity index is 828. The molecule has 1 heterocycles. The molecule has 2 aromatic rings. The highest BCUT2D eigenvalue weighted by Crippen LogP contribution is 2.43. The van der Waals surface area contributed by atoms with Crippen LogP contribution in [0.3, 0.4) is 0 Å². The number of amides is 2. The molecule has 0 radical (unpaired) electrons. The molecule has 0 N–H and O–H groups in total. The normalized spacial score (nSPS) is 24.5. The Kier molecular flexibility index (Phi) is 3.12. The maximum atomic E-state index is 12.9. The summed E-state index contributed by atoms with van der Waals surface area (Å²) in [5.41, 5.74) is 3.24. The molecule has 4 rings (SSSR count). The van der Waals surface area contributed by atoms with E-state index >= 15 is 0 Å². The predicted octanol–water partition coefficient (Wildman–Crippen LogP) is 4.08. The third kappa shape index (κ3) is 2.03. The number of hydrogen-bond acceptors (Lipinski definition) is 2. The summed E-state index contributed by atoms with van der Waals surface area (Å²) in [6, 6.07) is 13.7.